The van der Waals surface area contributed by atoms with Crippen LogP contribution in [-0.4, -0.2) is 11.9 Å². The maximum Gasteiger partial charge on any atom is 0.416 e. The Balaban J connectivity index is 2.69. The van der Waals surface area contributed by atoms with Gasteiger partial charge >= 0.3 is 6.18 Å². The fourth-order valence-electron chi connectivity index (χ4n) is 1.59. The van der Waals surface area contributed by atoms with Gasteiger partial charge in [0.15, 0.2) is 0 Å². The molecule has 7 heteroatoms. The molecule has 1 rings (SSSR count). The number of alkyl halides is 3. The van der Waals surface area contributed by atoms with E-state index in [1.54, 1.807) is 0 Å². The second-order valence-electron chi connectivity index (χ2n) is 4.61. The van der Waals surface area contributed by atoms with Gasteiger partial charge in [-0.05, 0) is 53.9 Å². The van der Waals surface area contributed by atoms with E-state index >= 15 is 0 Å². The molecule has 0 aliphatic rings. The first-order valence-corrected chi connectivity index (χ1v) is 6.91. The van der Waals surface area contributed by atoms with Crippen molar-refractivity contribution in [1.29, 1.82) is 0 Å². The van der Waals surface area contributed by atoms with Crippen molar-refractivity contribution in [2.45, 2.75) is 38.4 Å². The minimum absolute atomic E-state index is 0.00286. The van der Waals surface area contributed by atoms with Crippen LogP contribution in [0.5, 0.6) is 0 Å². The molecule has 3 N–H and O–H groups in total. The lowest BCUT2D eigenvalue weighted by Crippen LogP contribution is -2.17. The zero-order valence-electron chi connectivity index (χ0n) is 10.9. The molecular formula is C13H16BrF3N2O. The van der Waals surface area contributed by atoms with E-state index in [4.69, 9.17) is 5.73 Å². The number of nitrogens with two attached hydrogens (primary N) is 1. The van der Waals surface area contributed by atoms with Crippen molar-refractivity contribution in [2.24, 2.45) is 5.73 Å². The molecule has 1 atom stereocenters. The van der Waals surface area contributed by atoms with Crippen molar-refractivity contribution in [3.05, 3.63) is 28.2 Å². The van der Waals surface area contributed by atoms with Crippen molar-refractivity contribution in [1.82, 2.24) is 0 Å². The van der Waals surface area contributed by atoms with E-state index in [0.717, 1.165) is 12.1 Å². The van der Waals surface area contributed by atoms with Gasteiger partial charge in [-0.1, -0.05) is 0 Å². The number of anilines is 1. The molecule has 0 aliphatic carbocycles. The molecule has 20 heavy (non-hydrogen) atoms. The van der Waals surface area contributed by atoms with Gasteiger partial charge in [0.2, 0.25) is 5.91 Å². The summed E-state index contributed by atoms with van der Waals surface area (Å²) in [6.07, 6.45) is -2.92. The molecule has 0 saturated carbocycles. The maximum atomic E-state index is 12.6. The van der Waals surface area contributed by atoms with Crippen LogP contribution in [0, 0.1) is 0 Å². The molecule has 0 fully saturated rings. The average Bonchev–Trinajstić information content (AvgIpc) is 2.30. The monoisotopic (exact) mass is 352 g/mol. The fraction of sp³-hybridized carbons (Fsp3) is 0.462. The first kappa shape index (κ1) is 17.0. The Morgan fingerprint density at radius 2 is 2.10 bits per heavy atom. The Hall–Kier alpha value is -1.08. The quantitative estimate of drug-likeness (QED) is 0.843. The van der Waals surface area contributed by atoms with Crippen LogP contribution in [0.2, 0.25) is 0 Å². The van der Waals surface area contributed by atoms with Gasteiger partial charge in [0.05, 0.1) is 11.3 Å². The predicted octanol–water partition coefficient (Wildman–Crippen LogP) is 3.92. The minimum atomic E-state index is -4.44. The summed E-state index contributed by atoms with van der Waals surface area (Å²) in [5.74, 6) is -0.328. The smallest absolute Gasteiger partial charge is 0.328 e. The van der Waals surface area contributed by atoms with Gasteiger partial charge in [-0.25, -0.2) is 0 Å². The summed E-state index contributed by atoms with van der Waals surface area (Å²) in [7, 11) is 0. The van der Waals surface area contributed by atoms with E-state index in [9.17, 15) is 18.0 Å². The molecule has 1 amide bonds. The van der Waals surface area contributed by atoms with E-state index in [0.29, 0.717) is 17.3 Å². The van der Waals surface area contributed by atoms with Crippen molar-refractivity contribution in [3.63, 3.8) is 0 Å². The highest BCUT2D eigenvalue weighted by Gasteiger charge is 2.31. The van der Waals surface area contributed by atoms with Crippen molar-refractivity contribution in [2.75, 3.05) is 5.32 Å². The van der Waals surface area contributed by atoms with Gasteiger partial charge in [0.1, 0.15) is 0 Å². The molecule has 0 spiro atoms. The largest absolute Gasteiger partial charge is 0.416 e. The van der Waals surface area contributed by atoms with Crippen LogP contribution in [0.15, 0.2) is 22.7 Å². The van der Waals surface area contributed by atoms with Gasteiger partial charge < -0.3 is 11.1 Å². The molecule has 1 aromatic rings. The molecule has 0 saturated heterocycles. The molecule has 0 bridgehead atoms. The molecule has 0 radical (unpaired) electrons. The second-order valence-corrected chi connectivity index (χ2v) is 5.46. The molecule has 0 heterocycles. The van der Waals surface area contributed by atoms with Crippen LogP contribution in [0.1, 0.15) is 31.7 Å². The maximum absolute atomic E-state index is 12.6. The van der Waals surface area contributed by atoms with E-state index in [2.05, 4.69) is 21.2 Å². The van der Waals surface area contributed by atoms with E-state index in [1.807, 2.05) is 6.92 Å². The number of hydrogen-bond donors (Lipinski definition) is 2. The number of benzene rings is 1. The summed E-state index contributed by atoms with van der Waals surface area (Å²) in [6.45, 7) is 1.83. The first-order valence-electron chi connectivity index (χ1n) is 6.12. The molecule has 1 unspecified atom stereocenters. The lowest BCUT2D eigenvalue weighted by atomic mass is 10.1. The van der Waals surface area contributed by atoms with Crippen LogP contribution in [0.3, 0.4) is 0 Å². The van der Waals surface area contributed by atoms with Gasteiger partial charge in [0.25, 0.3) is 0 Å². The Kier molecular flexibility index (Phi) is 6.01. The fourth-order valence-corrected chi connectivity index (χ4v) is 1.94. The topological polar surface area (TPSA) is 55.1 Å². The van der Waals surface area contributed by atoms with E-state index in [1.165, 1.54) is 6.07 Å². The van der Waals surface area contributed by atoms with Crippen LogP contribution >= 0.6 is 15.9 Å². The summed E-state index contributed by atoms with van der Waals surface area (Å²) < 4.78 is 38.2. The molecule has 1 aromatic carbocycles. The highest BCUT2D eigenvalue weighted by atomic mass is 79.9. The normalized spacial score (nSPS) is 13.1. The van der Waals surface area contributed by atoms with Gasteiger partial charge in [-0.2, -0.15) is 13.2 Å². The molecule has 112 valence electrons. The standard InChI is InChI=1S/C13H16BrF3N2O/c1-8(18)3-2-4-12(20)19-11-7-9(13(15,16)17)5-6-10(11)14/h5-8H,2-4,18H2,1H3,(H,19,20). The zero-order chi connectivity index (χ0) is 15.3. The summed E-state index contributed by atoms with van der Waals surface area (Å²) in [4.78, 5) is 11.7. The SMILES string of the molecule is CC(N)CCCC(=O)Nc1cc(C(F)(F)F)ccc1Br. The van der Waals surface area contributed by atoms with E-state index in [-0.39, 0.29) is 24.1 Å². The number of amides is 1. The second kappa shape index (κ2) is 7.08. The third-order valence-electron chi connectivity index (χ3n) is 2.63. The minimum Gasteiger partial charge on any atom is -0.328 e. The average molecular weight is 353 g/mol. The van der Waals surface area contributed by atoms with Crippen LogP contribution < -0.4 is 11.1 Å². The summed E-state index contributed by atoms with van der Waals surface area (Å²) >= 11 is 3.12. The molecular weight excluding hydrogens is 337 g/mol. The number of halogens is 4. The number of carbonyl (C=O) groups excluding carboxylic acids is 1. The van der Waals surface area contributed by atoms with Crippen molar-refractivity contribution >= 4 is 27.5 Å². The lowest BCUT2D eigenvalue weighted by Gasteiger charge is -2.12. The zero-order valence-corrected chi connectivity index (χ0v) is 12.5. The number of hydrogen-bond acceptors (Lipinski definition) is 2. The Morgan fingerprint density at radius 1 is 1.45 bits per heavy atom. The highest BCUT2D eigenvalue weighted by molar-refractivity contribution is 9.10. The van der Waals surface area contributed by atoms with Gasteiger partial charge in [-0.3, -0.25) is 4.79 Å². The Morgan fingerprint density at radius 3 is 2.65 bits per heavy atom. The first-order chi connectivity index (χ1) is 9.20. The number of nitrogens with one attached hydrogen (secondary N) is 1. The predicted molar refractivity (Wildman–Crippen MR) is 75.3 cm³/mol. The molecule has 3 nitrogen and oxygen atoms in total. The Labute approximate surface area is 123 Å². The number of rotatable bonds is 5. The van der Waals surface area contributed by atoms with Crippen molar-refractivity contribution < 1.29 is 18.0 Å². The van der Waals surface area contributed by atoms with Crippen LogP contribution in [-0.2, 0) is 11.0 Å². The molecule has 0 aliphatic heterocycles. The summed E-state index contributed by atoms with van der Waals surface area (Å²) in [6, 6.07) is 3.13. The highest BCUT2D eigenvalue weighted by Crippen LogP contribution is 2.34. The van der Waals surface area contributed by atoms with Crippen LogP contribution in [0.25, 0.3) is 0 Å². The van der Waals surface area contributed by atoms with Gasteiger partial charge in [0, 0.05) is 16.9 Å². The van der Waals surface area contributed by atoms with Crippen molar-refractivity contribution in [3.8, 4) is 0 Å². The Bertz CT molecular complexity index is 475. The molecule has 0 aromatic heterocycles. The van der Waals surface area contributed by atoms with Gasteiger partial charge in [-0.15, -0.1) is 0 Å². The number of carbonyl (C=O) groups is 1. The third-order valence-corrected chi connectivity index (χ3v) is 3.32. The van der Waals surface area contributed by atoms with E-state index < -0.39 is 11.7 Å². The lowest BCUT2D eigenvalue weighted by molar-refractivity contribution is -0.137. The van der Waals surface area contributed by atoms with Crippen LogP contribution in [0.4, 0.5) is 18.9 Å². The summed E-state index contributed by atoms with van der Waals surface area (Å²) in [5.41, 5.74) is 4.88. The third kappa shape index (κ3) is 5.50. The summed E-state index contributed by atoms with van der Waals surface area (Å²) in [5, 5.41) is 2.47.